The fourth-order valence-corrected chi connectivity index (χ4v) is 0.932. The van der Waals surface area contributed by atoms with Gasteiger partial charge in [0.15, 0.2) is 0 Å². The number of allylic oxidation sites excluding steroid dienone is 9. The molecule has 0 saturated heterocycles. The molecule has 0 aliphatic rings. The number of nitrogens with two attached hydrogens (primary N) is 1. The molecule has 16 heavy (non-hydrogen) atoms. The van der Waals surface area contributed by atoms with Gasteiger partial charge in [-0.25, -0.2) is 0 Å². The van der Waals surface area contributed by atoms with Gasteiger partial charge in [0.1, 0.15) is 0 Å². The summed E-state index contributed by atoms with van der Waals surface area (Å²) in [6.45, 7) is 1.98. The Labute approximate surface area is 97.5 Å². The van der Waals surface area contributed by atoms with Gasteiger partial charge in [0.2, 0.25) is 5.91 Å². The van der Waals surface area contributed by atoms with Gasteiger partial charge in [0.25, 0.3) is 0 Å². The zero-order valence-electron chi connectivity index (χ0n) is 9.67. The zero-order valence-corrected chi connectivity index (χ0v) is 9.67. The van der Waals surface area contributed by atoms with Gasteiger partial charge in [-0.3, -0.25) is 4.79 Å². The van der Waals surface area contributed by atoms with Crippen molar-refractivity contribution in [2.24, 2.45) is 5.73 Å². The molecule has 0 radical (unpaired) electrons. The van der Waals surface area contributed by atoms with Crippen LogP contribution in [0.15, 0.2) is 60.8 Å². The van der Waals surface area contributed by atoms with Crippen LogP contribution >= 0.6 is 0 Å². The smallest absolute Gasteiger partial charge is 0.241 e. The predicted molar refractivity (Wildman–Crippen MR) is 69.8 cm³/mol. The molecule has 0 aliphatic heterocycles. The second-order valence-electron chi connectivity index (χ2n) is 3.11. The van der Waals surface area contributed by atoms with Gasteiger partial charge < -0.3 is 5.73 Å². The first-order chi connectivity index (χ1) is 7.77. The molecule has 2 heteroatoms. The third-order valence-electron chi connectivity index (χ3n) is 1.67. The maximum Gasteiger partial charge on any atom is 0.241 e. The first-order valence-corrected chi connectivity index (χ1v) is 5.34. The Morgan fingerprint density at radius 2 is 1.50 bits per heavy atom. The van der Waals surface area contributed by atoms with Crippen LogP contribution in [0.1, 0.15) is 19.8 Å². The van der Waals surface area contributed by atoms with Crippen LogP contribution in [-0.4, -0.2) is 5.91 Å². The minimum atomic E-state index is -0.418. The average molecular weight is 217 g/mol. The summed E-state index contributed by atoms with van der Waals surface area (Å²) < 4.78 is 0. The minimum Gasteiger partial charge on any atom is -0.366 e. The van der Waals surface area contributed by atoms with Crippen LogP contribution in [0.2, 0.25) is 0 Å². The molecule has 0 rings (SSSR count). The summed E-state index contributed by atoms with van der Waals surface area (Å²) in [5.74, 6) is -0.418. The molecule has 0 atom stereocenters. The second-order valence-corrected chi connectivity index (χ2v) is 3.11. The Balaban J connectivity index is 3.56. The Bertz CT molecular complexity index is 320. The van der Waals surface area contributed by atoms with E-state index < -0.39 is 5.91 Å². The maximum atomic E-state index is 10.3. The Morgan fingerprint density at radius 3 is 2.06 bits per heavy atom. The average Bonchev–Trinajstić information content (AvgIpc) is 2.25. The molecule has 86 valence electrons. The highest BCUT2D eigenvalue weighted by Gasteiger charge is 1.78. The molecule has 0 aromatic rings. The van der Waals surface area contributed by atoms with Gasteiger partial charge in [-0.1, -0.05) is 54.7 Å². The van der Waals surface area contributed by atoms with Crippen LogP contribution in [0.4, 0.5) is 0 Å². The summed E-state index contributed by atoms with van der Waals surface area (Å²) in [7, 11) is 0. The van der Waals surface area contributed by atoms with Gasteiger partial charge in [-0.15, -0.1) is 0 Å². The quantitative estimate of drug-likeness (QED) is 0.397. The van der Waals surface area contributed by atoms with Gasteiger partial charge in [-0.2, -0.15) is 0 Å². The van der Waals surface area contributed by atoms with E-state index in [1.165, 1.54) is 6.08 Å². The van der Waals surface area contributed by atoms with Crippen molar-refractivity contribution in [3.8, 4) is 0 Å². The van der Waals surface area contributed by atoms with E-state index in [2.05, 4.69) is 6.08 Å². The van der Waals surface area contributed by atoms with Crippen molar-refractivity contribution in [2.45, 2.75) is 19.8 Å². The molecule has 0 bridgehead atoms. The number of carbonyl (C=O) groups is 1. The van der Waals surface area contributed by atoms with Crippen LogP contribution in [0.5, 0.6) is 0 Å². The van der Waals surface area contributed by atoms with E-state index >= 15 is 0 Å². The number of hydrogen-bond donors (Lipinski definition) is 1. The maximum absolute atomic E-state index is 10.3. The Hall–Kier alpha value is -1.83. The molecule has 1 amide bonds. The van der Waals surface area contributed by atoms with Crippen molar-refractivity contribution in [3.05, 3.63) is 60.8 Å². The lowest BCUT2D eigenvalue weighted by molar-refractivity contribution is -0.113. The van der Waals surface area contributed by atoms with Gasteiger partial charge >= 0.3 is 0 Å². The highest BCUT2D eigenvalue weighted by atomic mass is 16.1. The van der Waals surface area contributed by atoms with Crippen LogP contribution in [0.25, 0.3) is 0 Å². The van der Waals surface area contributed by atoms with Crippen molar-refractivity contribution in [1.29, 1.82) is 0 Å². The fraction of sp³-hybridized carbons (Fsp3) is 0.214. The van der Waals surface area contributed by atoms with E-state index in [0.717, 1.165) is 12.8 Å². The van der Waals surface area contributed by atoms with Crippen molar-refractivity contribution in [2.75, 3.05) is 0 Å². The van der Waals surface area contributed by atoms with Crippen molar-refractivity contribution in [1.82, 2.24) is 0 Å². The lowest BCUT2D eigenvalue weighted by Crippen LogP contribution is -2.04. The van der Waals surface area contributed by atoms with Crippen LogP contribution in [0, 0.1) is 0 Å². The Kier molecular flexibility index (Phi) is 9.96. The molecule has 0 aliphatic carbocycles. The van der Waals surface area contributed by atoms with E-state index in [9.17, 15) is 4.79 Å². The molecule has 0 saturated carbocycles. The third kappa shape index (κ3) is 12.2. The van der Waals surface area contributed by atoms with Crippen LogP contribution < -0.4 is 5.73 Å². The molecule has 0 unspecified atom stereocenters. The fourth-order valence-electron chi connectivity index (χ4n) is 0.932. The number of rotatable bonds is 7. The third-order valence-corrected chi connectivity index (χ3v) is 1.67. The molecular formula is C14H19NO. The molecule has 2 nitrogen and oxygen atoms in total. The molecule has 2 N–H and O–H groups in total. The molecule has 0 fully saturated rings. The summed E-state index contributed by atoms with van der Waals surface area (Å²) in [5.41, 5.74) is 4.93. The number of carbonyl (C=O) groups excluding carboxylic acids is 1. The minimum absolute atomic E-state index is 0.418. The number of unbranched alkanes of at least 4 members (excludes halogenated alkanes) is 1. The summed E-state index contributed by atoms with van der Waals surface area (Å²) in [6.07, 6.45) is 20.8. The molecule has 0 spiro atoms. The summed E-state index contributed by atoms with van der Waals surface area (Å²) in [5, 5.41) is 0. The van der Waals surface area contributed by atoms with E-state index in [1.807, 2.05) is 49.5 Å². The predicted octanol–water partition coefficient (Wildman–Crippen LogP) is 3.05. The number of hydrogen-bond acceptors (Lipinski definition) is 1. The largest absolute Gasteiger partial charge is 0.366 e. The standard InChI is InChI=1S/C14H19NO/c1-2-3-4-5-6-7-8-9-10-11-12-13-14(15)16/h2-7,10-13H,8-9H2,1H3,(H2,15,16). The van der Waals surface area contributed by atoms with E-state index in [0.29, 0.717) is 0 Å². The van der Waals surface area contributed by atoms with Crippen molar-refractivity contribution >= 4 is 5.91 Å². The zero-order chi connectivity index (χ0) is 12.1. The van der Waals surface area contributed by atoms with E-state index in [1.54, 1.807) is 6.08 Å². The lowest BCUT2D eigenvalue weighted by Gasteiger charge is -1.84. The molecular weight excluding hydrogens is 198 g/mol. The normalized spacial score (nSPS) is 13.1. The topological polar surface area (TPSA) is 43.1 Å². The SMILES string of the molecule is CC=CC=CC=CCCC=CC=CC(N)=O. The summed E-state index contributed by atoms with van der Waals surface area (Å²) in [6, 6.07) is 0. The molecule has 0 aromatic carbocycles. The molecule has 0 heterocycles. The Morgan fingerprint density at radius 1 is 0.938 bits per heavy atom. The van der Waals surface area contributed by atoms with Crippen molar-refractivity contribution < 1.29 is 4.79 Å². The second kappa shape index (κ2) is 11.2. The lowest BCUT2D eigenvalue weighted by atomic mass is 10.2. The number of primary amides is 1. The van der Waals surface area contributed by atoms with Crippen molar-refractivity contribution in [3.63, 3.8) is 0 Å². The highest BCUT2D eigenvalue weighted by molar-refractivity contribution is 5.85. The summed E-state index contributed by atoms with van der Waals surface area (Å²) >= 11 is 0. The monoisotopic (exact) mass is 217 g/mol. The first-order valence-electron chi connectivity index (χ1n) is 5.34. The van der Waals surface area contributed by atoms with E-state index in [-0.39, 0.29) is 0 Å². The number of amides is 1. The first kappa shape index (κ1) is 14.2. The summed E-state index contributed by atoms with van der Waals surface area (Å²) in [4.78, 5) is 10.3. The van der Waals surface area contributed by atoms with Gasteiger partial charge in [-0.05, 0) is 19.8 Å². The molecule has 0 aromatic heterocycles. The van der Waals surface area contributed by atoms with Gasteiger partial charge in [0.05, 0.1) is 0 Å². The van der Waals surface area contributed by atoms with Crippen LogP contribution in [-0.2, 0) is 4.79 Å². The van der Waals surface area contributed by atoms with Crippen LogP contribution in [0.3, 0.4) is 0 Å². The van der Waals surface area contributed by atoms with Gasteiger partial charge in [0, 0.05) is 6.08 Å². The highest BCUT2D eigenvalue weighted by Crippen LogP contribution is 1.93. The van der Waals surface area contributed by atoms with E-state index in [4.69, 9.17) is 5.73 Å².